The van der Waals surface area contributed by atoms with Crippen LogP contribution in [-0.2, 0) is 18.3 Å². The first kappa shape index (κ1) is 15.4. The Morgan fingerprint density at radius 3 is 3.04 bits per heavy atom. The number of hydrogen-bond acceptors (Lipinski definition) is 3. The van der Waals surface area contributed by atoms with Gasteiger partial charge in [0, 0.05) is 35.9 Å². The van der Waals surface area contributed by atoms with E-state index in [1.165, 1.54) is 16.8 Å². The van der Waals surface area contributed by atoms with Crippen molar-refractivity contribution in [1.29, 1.82) is 0 Å². The third-order valence-corrected chi connectivity index (χ3v) is 5.37. The van der Waals surface area contributed by atoms with Crippen molar-refractivity contribution in [2.24, 2.45) is 13.0 Å². The van der Waals surface area contributed by atoms with Gasteiger partial charge in [-0.15, -0.1) is 0 Å². The molecule has 1 aliphatic carbocycles. The number of amides is 1. The van der Waals surface area contributed by atoms with E-state index in [2.05, 4.69) is 44.5 Å². The smallest absolute Gasteiger partial charge is 0.231 e. The molecule has 5 nitrogen and oxygen atoms in total. The number of benzene rings is 1. The molecule has 1 aliphatic heterocycles. The van der Waals surface area contributed by atoms with Gasteiger partial charge in [-0.1, -0.05) is 12.1 Å². The molecular weight excluding hydrogens is 331 g/mol. The zero-order valence-corrected chi connectivity index (χ0v) is 14.4. The molecule has 3 heterocycles. The van der Waals surface area contributed by atoms with Crippen LogP contribution in [0.5, 0.6) is 0 Å². The number of alkyl halides is 1. The second kappa shape index (κ2) is 5.56. The summed E-state index contributed by atoms with van der Waals surface area (Å²) >= 11 is 0. The molecule has 26 heavy (non-hydrogen) atoms. The Hall–Kier alpha value is -2.89. The fraction of sp³-hybridized carbons (Fsp3) is 0.300. The molecule has 0 unspecified atom stereocenters. The SMILES string of the molecule is Cn1c(-c2cccc3c2CCN3)cc2cc(NC(=O)[C@@H]3C[C@@H]3F)ncc21. The van der Waals surface area contributed by atoms with E-state index in [-0.39, 0.29) is 5.91 Å². The Labute approximate surface area is 150 Å². The highest BCUT2D eigenvalue weighted by atomic mass is 19.1. The number of halogens is 1. The molecule has 0 bridgehead atoms. The molecule has 0 radical (unpaired) electrons. The van der Waals surface area contributed by atoms with Crippen LogP contribution >= 0.6 is 0 Å². The highest BCUT2D eigenvalue weighted by Gasteiger charge is 2.43. The van der Waals surface area contributed by atoms with E-state index in [0.29, 0.717) is 12.2 Å². The number of aromatic nitrogens is 2. The van der Waals surface area contributed by atoms with Gasteiger partial charge < -0.3 is 15.2 Å². The van der Waals surface area contributed by atoms with Crippen molar-refractivity contribution in [3.63, 3.8) is 0 Å². The molecule has 1 amide bonds. The first-order chi connectivity index (χ1) is 12.6. The maximum absolute atomic E-state index is 13.0. The van der Waals surface area contributed by atoms with Gasteiger partial charge in [0.25, 0.3) is 0 Å². The average molecular weight is 350 g/mol. The number of aryl methyl sites for hydroxylation is 1. The van der Waals surface area contributed by atoms with E-state index in [4.69, 9.17) is 0 Å². The van der Waals surface area contributed by atoms with Crippen LogP contribution in [0.15, 0.2) is 36.5 Å². The topological polar surface area (TPSA) is 59.0 Å². The van der Waals surface area contributed by atoms with Crippen LogP contribution in [0.2, 0.25) is 0 Å². The number of fused-ring (bicyclic) bond motifs is 2. The van der Waals surface area contributed by atoms with E-state index in [1.807, 2.05) is 13.1 Å². The molecule has 2 N–H and O–H groups in total. The van der Waals surface area contributed by atoms with E-state index >= 15 is 0 Å². The molecule has 1 aromatic carbocycles. The molecule has 0 saturated heterocycles. The zero-order valence-electron chi connectivity index (χ0n) is 14.4. The average Bonchev–Trinajstić information content (AvgIpc) is 3.04. The fourth-order valence-corrected chi connectivity index (χ4v) is 3.80. The molecule has 5 rings (SSSR count). The summed E-state index contributed by atoms with van der Waals surface area (Å²) in [5.41, 5.74) is 5.87. The van der Waals surface area contributed by atoms with Crippen molar-refractivity contribution in [1.82, 2.24) is 9.55 Å². The standard InChI is InChI=1S/C20H19FN4O/c1-25-17(13-3-2-4-16-12(13)5-6-22-16)7-11-8-19(23-10-18(11)25)24-20(26)14-9-15(14)21/h2-4,7-8,10,14-15,22H,5-6,9H2,1H3,(H,23,24,26)/t14-,15+/m1/s1. The van der Waals surface area contributed by atoms with Crippen LogP contribution in [0.1, 0.15) is 12.0 Å². The van der Waals surface area contributed by atoms with E-state index in [1.54, 1.807) is 6.20 Å². The zero-order chi connectivity index (χ0) is 17.8. The number of pyridine rings is 1. The number of carbonyl (C=O) groups excluding carboxylic acids is 1. The minimum absolute atomic E-state index is 0.285. The number of nitrogens with zero attached hydrogens (tertiary/aromatic N) is 2. The van der Waals surface area contributed by atoms with Gasteiger partial charge >= 0.3 is 0 Å². The summed E-state index contributed by atoms with van der Waals surface area (Å²) in [7, 11) is 2.03. The lowest BCUT2D eigenvalue weighted by Gasteiger charge is -2.09. The monoisotopic (exact) mass is 350 g/mol. The van der Waals surface area contributed by atoms with E-state index in [0.717, 1.165) is 29.6 Å². The normalized spacial score (nSPS) is 20.7. The highest BCUT2D eigenvalue weighted by molar-refractivity contribution is 5.96. The minimum Gasteiger partial charge on any atom is -0.384 e. The van der Waals surface area contributed by atoms with Gasteiger partial charge in [-0.25, -0.2) is 9.37 Å². The highest BCUT2D eigenvalue weighted by Crippen LogP contribution is 2.36. The van der Waals surface area contributed by atoms with Crippen LogP contribution in [0, 0.1) is 5.92 Å². The van der Waals surface area contributed by atoms with Crippen molar-refractivity contribution in [2.45, 2.75) is 19.0 Å². The maximum atomic E-state index is 13.0. The molecular formula is C20H19FN4O. The van der Waals surface area contributed by atoms with Gasteiger partial charge in [-0.3, -0.25) is 4.79 Å². The summed E-state index contributed by atoms with van der Waals surface area (Å²) in [4.78, 5) is 16.3. The van der Waals surface area contributed by atoms with Crippen molar-refractivity contribution in [2.75, 3.05) is 17.2 Å². The third kappa shape index (κ3) is 2.36. The lowest BCUT2D eigenvalue weighted by atomic mass is 10.0. The summed E-state index contributed by atoms with van der Waals surface area (Å²) in [5.74, 6) is -0.329. The van der Waals surface area contributed by atoms with Gasteiger partial charge in [0.2, 0.25) is 5.91 Å². The van der Waals surface area contributed by atoms with Crippen molar-refractivity contribution in [3.8, 4) is 11.3 Å². The van der Waals surface area contributed by atoms with Gasteiger partial charge in [0.1, 0.15) is 12.0 Å². The minimum atomic E-state index is -1.00. The van der Waals surface area contributed by atoms with E-state index in [9.17, 15) is 9.18 Å². The summed E-state index contributed by atoms with van der Waals surface area (Å²) in [5, 5.41) is 7.15. The molecule has 6 heteroatoms. The number of anilines is 2. The van der Waals surface area contributed by atoms with Crippen LogP contribution in [-0.4, -0.2) is 28.2 Å². The molecule has 1 fully saturated rings. The Morgan fingerprint density at radius 1 is 1.38 bits per heavy atom. The molecule has 0 spiro atoms. The Kier molecular flexibility index (Phi) is 3.29. The lowest BCUT2D eigenvalue weighted by molar-refractivity contribution is -0.117. The largest absolute Gasteiger partial charge is 0.384 e. The Bertz CT molecular complexity index is 1040. The van der Waals surface area contributed by atoms with Gasteiger partial charge in [0.05, 0.1) is 17.6 Å². The Balaban J connectivity index is 1.53. The van der Waals surface area contributed by atoms with Crippen LogP contribution in [0.4, 0.5) is 15.9 Å². The molecule has 2 aromatic heterocycles. The Morgan fingerprint density at radius 2 is 2.23 bits per heavy atom. The predicted octanol–water partition coefficient (Wildman–Crippen LogP) is 3.50. The van der Waals surface area contributed by atoms with Crippen molar-refractivity contribution < 1.29 is 9.18 Å². The summed E-state index contributed by atoms with van der Waals surface area (Å²) in [6, 6.07) is 10.3. The quantitative estimate of drug-likeness (QED) is 0.760. The molecule has 132 valence electrons. The molecule has 1 saturated carbocycles. The van der Waals surface area contributed by atoms with Crippen molar-refractivity contribution >= 4 is 28.3 Å². The summed E-state index contributed by atoms with van der Waals surface area (Å²) in [6.07, 6.45) is 2.08. The molecule has 2 atom stereocenters. The van der Waals surface area contributed by atoms with Gasteiger partial charge in [-0.05, 0) is 36.6 Å². The number of carbonyl (C=O) groups is 1. The first-order valence-electron chi connectivity index (χ1n) is 8.88. The first-order valence-corrected chi connectivity index (χ1v) is 8.88. The molecule has 3 aromatic rings. The third-order valence-electron chi connectivity index (χ3n) is 5.37. The number of nitrogens with one attached hydrogen (secondary N) is 2. The second-order valence-corrected chi connectivity index (χ2v) is 7.07. The van der Waals surface area contributed by atoms with E-state index < -0.39 is 12.1 Å². The number of rotatable bonds is 3. The summed E-state index contributed by atoms with van der Waals surface area (Å²) < 4.78 is 15.2. The van der Waals surface area contributed by atoms with Gasteiger partial charge in [0.15, 0.2) is 0 Å². The summed E-state index contributed by atoms with van der Waals surface area (Å²) in [6.45, 7) is 0.963. The lowest BCUT2D eigenvalue weighted by Crippen LogP contribution is -2.15. The maximum Gasteiger partial charge on any atom is 0.231 e. The number of hydrogen-bond donors (Lipinski definition) is 2. The second-order valence-electron chi connectivity index (χ2n) is 7.07. The predicted molar refractivity (Wildman–Crippen MR) is 100.0 cm³/mol. The van der Waals surface area contributed by atoms with Crippen LogP contribution in [0.3, 0.4) is 0 Å². The van der Waals surface area contributed by atoms with Crippen molar-refractivity contribution in [3.05, 3.63) is 42.1 Å². The van der Waals surface area contributed by atoms with Gasteiger partial charge in [-0.2, -0.15) is 0 Å². The fourth-order valence-electron chi connectivity index (χ4n) is 3.80. The van der Waals surface area contributed by atoms with Crippen LogP contribution in [0.25, 0.3) is 22.2 Å². The molecule has 2 aliphatic rings. The van der Waals surface area contributed by atoms with Crippen LogP contribution < -0.4 is 10.6 Å².